The lowest BCUT2D eigenvalue weighted by Crippen LogP contribution is -2.42. The molecule has 36 heavy (non-hydrogen) atoms. The molecule has 0 saturated carbocycles. The van der Waals surface area contributed by atoms with E-state index in [1.54, 1.807) is 17.9 Å². The van der Waals surface area contributed by atoms with Crippen molar-refractivity contribution in [3.8, 4) is 16.2 Å². The smallest absolute Gasteiger partial charge is 0.424 e. The number of alkyl halides is 3. The summed E-state index contributed by atoms with van der Waals surface area (Å²) in [5.74, 6) is -0.441. The number of rotatable bonds is 6. The number of hydrogen-bond donors (Lipinski definition) is 1. The van der Waals surface area contributed by atoms with Crippen molar-refractivity contribution in [1.82, 2.24) is 14.9 Å². The molecule has 0 bridgehead atoms. The van der Waals surface area contributed by atoms with Crippen LogP contribution in [-0.4, -0.2) is 46.3 Å². The minimum Gasteiger partial charge on any atom is -0.424 e. The van der Waals surface area contributed by atoms with Gasteiger partial charge in [-0.2, -0.15) is 4.98 Å². The third-order valence-electron chi connectivity index (χ3n) is 6.16. The number of fused-ring (bicyclic) bond motifs is 2. The molecule has 0 unspecified atom stereocenters. The predicted octanol–water partition coefficient (Wildman–Crippen LogP) is 5.65. The maximum absolute atomic E-state index is 13.7. The van der Waals surface area contributed by atoms with Gasteiger partial charge in [-0.05, 0) is 42.3 Å². The fourth-order valence-corrected chi connectivity index (χ4v) is 5.45. The second-order valence-electron chi connectivity index (χ2n) is 8.62. The number of thiazole rings is 1. The molecule has 1 aliphatic heterocycles. The Morgan fingerprint density at radius 2 is 2.06 bits per heavy atom. The molecule has 11 heteroatoms. The molecule has 7 nitrogen and oxygen atoms in total. The average molecular weight is 513 g/mol. The molecular formula is C25H19F3N4O3S. The van der Waals surface area contributed by atoms with E-state index in [0.717, 1.165) is 5.52 Å². The van der Waals surface area contributed by atoms with E-state index in [1.807, 2.05) is 24.3 Å². The van der Waals surface area contributed by atoms with E-state index in [9.17, 15) is 18.0 Å². The highest BCUT2D eigenvalue weighted by atomic mass is 32.1. The molecule has 6 rings (SSSR count). The van der Waals surface area contributed by atoms with Crippen LogP contribution in [0.2, 0.25) is 0 Å². The van der Waals surface area contributed by atoms with Gasteiger partial charge in [0.2, 0.25) is 0 Å². The molecule has 2 atom stereocenters. The number of anilines is 1. The van der Waals surface area contributed by atoms with Crippen molar-refractivity contribution in [3.05, 3.63) is 70.9 Å². The third-order valence-corrected chi connectivity index (χ3v) is 7.18. The van der Waals surface area contributed by atoms with Gasteiger partial charge in [-0.25, -0.2) is 4.98 Å². The Kier molecular flexibility index (Phi) is 5.25. The summed E-state index contributed by atoms with van der Waals surface area (Å²) < 4.78 is 47.9. The Labute approximate surface area is 207 Å². The first kappa shape index (κ1) is 22.6. The van der Waals surface area contributed by atoms with Crippen molar-refractivity contribution >= 4 is 34.4 Å². The van der Waals surface area contributed by atoms with E-state index in [1.165, 1.54) is 35.1 Å². The van der Waals surface area contributed by atoms with Crippen LogP contribution in [0.25, 0.3) is 21.5 Å². The van der Waals surface area contributed by atoms with Crippen LogP contribution >= 0.6 is 11.3 Å². The number of aryl methyl sites for hydroxylation is 1. The summed E-state index contributed by atoms with van der Waals surface area (Å²) in [6.45, 7) is 2.67. The molecule has 184 valence electrons. The maximum atomic E-state index is 13.7. The molecule has 1 amide bonds. The fourth-order valence-electron chi connectivity index (χ4n) is 4.54. The number of likely N-dealkylation sites (tertiary alicyclic amines) is 1. The van der Waals surface area contributed by atoms with Crippen molar-refractivity contribution in [2.24, 2.45) is 5.92 Å². The molecule has 1 N–H and O–H groups in total. The zero-order valence-corrected chi connectivity index (χ0v) is 19.7. The van der Waals surface area contributed by atoms with Gasteiger partial charge in [0, 0.05) is 19.0 Å². The number of carbonyl (C=O) groups is 1. The predicted molar refractivity (Wildman–Crippen MR) is 128 cm³/mol. The van der Waals surface area contributed by atoms with Crippen LogP contribution in [0, 0.1) is 12.8 Å². The van der Waals surface area contributed by atoms with Gasteiger partial charge in [0.25, 0.3) is 11.9 Å². The first-order chi connectivity index (χ1) is 17.2. The number of benzene rings is 2. The lowest BCUT2D eigenvalue weighted by atomic mass is 10.1. The third kappa shape index (κ3) is 4.30. The summed E-state index contributed by atoms with van der Waals surface area (Å²) in [7, 11) is 0. The maximum Gasteiger partial charge on any atom is 0.573 e. The van der Waals surface area contributed by atoms with Gasteiger partial charge in [0.05, 0.1) is 15.9 Å². The number of amides is 1. The molecule has 2 aromatic heterocycles. The number of halogens is 3. The second-order valence-corrected chi connectivity index (χ2v) is 9.82. The first-order valence-corrected chi connectivity index (χ1v) is 12.0. The topological polar surface area (TPSA) is 80.5 Å². The number of para-hydroxylation sites is 2. The number of carbonyl (C=O) groups excluding carboxylic acids is 1. The molecule has 0 radical (unpaired) electrons. The SMILES string of the molecule is Cc1nc(C(=O)N2CC3=C[C@H]3[C@H]2CNc2nc3ccccc3o2)c(-c2cccc(OC(F)(F)F)c2)s1. The van der Waals surface area contributed by atoms with Gasteiger partial charge in [-0.1, -0.05) is 30.3 Å². The summed E-state index contributed by atoms with van der Waals surface area (Å²) in [5.41, 5.74) is 3.25. The molecule has 2 aromatic carbocycles. The molecule has 1 fully saturated rings. The number of hydrogen-bond acceptors (Lipinski definition) is 7. The quantitative estimate of drug-likeness (QED) is 0.336. The van der Waals surface area contributed by atoms with Gasteiger partial charge < -0.3 is 19.4 Å². The van der Waals surface area contributed by atoms with E-state index in [2.05, 4.69) is 26.1 Å². The largest absolute Gasteiger partial charge is 0.573 e. The molecule has 1 aliphatic carbocycles. The summed E-state index contributed by atoms with van der Waals surface area (Å²) in [4.78, 5) is 24.8. The summed E-state index contributed by atoms with van der Waals surface area (Å²) in [6.07, 6.45) is -2.67. The van der Waals surface area contributed by atoms with E-state index in [-0.39, 0.29) is 29.3 Å². The number of oxazole rings is 1. The average Bonchev–Trinajstić information content (AvgIpc) is 3.16. The molecule has 3 heterocycles. The number of ether oxygens (including phenoxy) is 1. The minimum atomic E-state index is -4.81. The number of aromatic nitrogens is 2. The molecule has 1 saturated heterocycles. The van der Waals surface area contributed by atoms with Crippen molar-refractivity contribution in [1.29, 1.82) is 0 Å². The molecular weight excluding hydrogens is 493 g/mol. The molecule has 4 aromatic rings. The second kappa shape index (κ2) is 8.37. The molecule has 0 spiro atoms. The van der Waals surface area contributed by atoms with Gasteiger partial charge >= 0.3 is 6.36 Å². The van der Waals surface area contributed by atoms with Crippen LogP contribution in [0.1, 0.15) is 15.5 Å². The lowest BCUT2D eigenvalue weighted by Gasteiger charge is -2.26. The van der Waals surface area contributed by atoms with E-state index in [0.29, 0.717) is 40.1 Å². The molecule has 2 aliphatic rings. The van der Waals surface area contributed by atoms with Crippen molar-refractivity contribution in [2.45, 2.75) is 19.3 Å². The standard InChI is InChI=1S/C25H19F3N4O3S/c1-13-30-21(22(36-13)14-5-4-6-16(9-14)35-25(26,27)28)23(33)32-12-15-10-17(15)19(32)11-29-24-31-18-7-2-3-8-20(18)34-24/h2-10,17,19H,11-12H2,1H3,(H,29,31)/t17-,19-/m1/s1. The van der Waals surface area contributed by atoms with E-state index < -0.39 is 6.36 Å². The van der Waals surface area contributed by atoms with E-state index >= 15 is 0 Å². The Morgan fingerprint density at radius 1 is 1.22 bits per heavy atom. The van der Waals surface area contributed by atoms with Crippen LogP contribution in [0.5, 0.6) is 5.75 Å². The van der Waals surface area contributed by atoms with Gasteiger partial charge in [-0.3, -0.25) is 4.79 Å². The Morgan fingerprint density at radius 3 is 2.86 bits per heavy atom. The Balaban J connectivity index is 1.24. The zero-order valence-electron chi connectivity index (χ0n) is 18.9. The van der Waals surface area contributed by atoms with Gasteiger partial charge in [0.15, 0.2) is 5.58 Å². The number of nitrogens with one attached hydrogen (secondary N) is 1. The highest BCUT2D eigenvalue weighted by molar-refractivity contribution is 7.15. The normalized spacial score (nSPS) is 18.8. The number of nitrogens with zero attached hydrogens (tertiary/aromatic N) is 3. The van der Waals surface area contributed by atoms with Crippen LogP contribution in [0.15, 0.2) is 64.6 Å². The van der Waals surface area contributed by atoms with Crippen molar-refractivity contribution in [3.63, 3.8) is 0 Å². The highest BCUT2D eigenvalue weighted by Crippen LogP contribution is 2.44. The van der Waals surface area contributed by atoms with E-state index in [4.69, 9.17) is 4.42 Å². The summed E-state index contributed by atoms with van der Waals surface area (Å²) in [6, 6.07) is 13.3. The van der Waals surface area contributed by atoms with Gasteiger partial charge in [0.1, 0.15) is 17.0 Å². The Bertz CT molecular complexity index is 1480. The zero-order chi connectivity index (χ0) is 25.0. The van der Waals surface area contributed by atoms with Crippen LogP contribution in [-0.2, 0) is 0 Å². The van der Waals surface area contributed by atoms with Gasteiger partial charge in [-0.15, -0.1) is 24.5 Å². The van der Waals surface area contributed by atoms with Crippen LogP contribution in [0.4, 0.5) is 19.2 Å². The summed E-state index contributed by atoms with van der Waals surface area (Å²) in [5, 5.41) is 3.84. The summed E-state index contributed by atoms with van der Waals surface area (Å²) >= 11 is 1.26. The van der Waals surface area contributed by atoms with Crippen molar-refractivity contribution < 1.29 is 27.1 Å². The van der Waals surface area contributed by atoms with Crippen molar-refractivity contribution in [2.75, 3.05) is 18.4 Å². The highest BCUT2D eigenvalue weighted by Gasteiger charge is 2.47. The lowest BCUT2D eigenvalue weighted by molar-refractivity contribution is -0.274. The fraction of sp³-hybridized carbons (Fsp3) is 0.240. The van der Waals surface area contributed by atoms with Crippen LogP contribution < -0.4 is 10.1 Å². The Hall–Kier alpha value is -3.86. The minimum absolute atomic E-state index is 0.155. The first-order valence-electron chi connectivity index (χ1n) is 11.2. The van der Waals surface area contributed by atoms with Crippen LogP contribution in [0.3, 0.4) is 0 Å². The monoisotopic (exact) mass is 512 g/mol.